The molecule has 7 heteroatoms. The molecule has 0 radical (unpaired) electrons. The zero-order valence-corrected chi connectivity index (χ0v) is 15.7. The average Bonchev–Trinajstić information content (AvgIpc) is 3.05. The number of nitrogens with zero attached hydrogens (tertiary/aromatic N) is 3. The summed E-state index contributed by atoms with van der Waals surface area (Å²) in [6.45, 7) is 6.92. The lowest BCUT2D eigenvalue weighted by molar-refractivity contribution is -0.118. The van der Waals surface area contributed by atoms with E-state index in [-0.39, 0.29) is 5.91 Å². The van der Waals surface area contributed by atoms with E-state index in [1.165, 1.54) is 0 Å². The van der Waals surface area contributed by atoms with Crippen molar-refractivity contribution in [3.05, 3.63) is 18.2 Å². The SMILES string of the molecule is CCCC(=O)N(CCN1CCOCC1)c1nc2cc(OC)ccc2s1. The van der Waals surface area contributed by atoms with E-state index in [0.29, 0.717) is 13.0 Å². The summed E-state index contributed by atoms with van der Waals surface area (Å²) in [4.78, 5) is 21.5. The number of rotatable bonds is 7. The third-order valence-corrected chi connectivity index (χ3v) is 5.38. The molecule has 25 heavy (non-hydrogen) atoms. The van der Waals surface area contributed by atoms with Crippen LogP contribution < -0.4 is 9.64 Å². The van der Waals surface area contributed by atoms with Crippen LogP contribution in [0.4, 0.5) is 5.13 Å². The monoisotopic (exact) mass is 363 g/mol. The van der Waals surface area contributed by atoms with Crippen LogP contribution in [0.25, 0.3) is 10.2 Å². The van der Waals surface area contributed by atoms with Gasteiger partial charge in [-0.1, -0.05) is 18.3 Å². The van der Waals surface area contributed by atoms with Gasteiger partial charge in [0.05, 0.1) is 30.5 Å². The third kappa shape index (κ3) is 4.48. The van der Waals surface area contributed by atoms with Crippen molar-refractivity contribution >= 4 is 32.6 Å². The van der Waals surface area contributed by atoms with Crippen LogP contribution in [-0.2, 0) is 9.53 Å². The zero-order chi connectivity index (χ0) is 17.6. The Morgan fingerprint density at radius 3 is 2.92 bits per heavy atom. The number of aromatic nitrogens is 1. The van der Waals surface area contributed by atoms with E-state index in [4.69, 9.17) is 9.47 Å². The van der Waals surface area contributed by atoms with E-state index in [1.807, 2.05) is 30.0 Å². The standard InChI is InChI=1S/C18H25N3O3S/c1-3-4-17(22)21(8-7-20-9-11-24-12-10-20)18-19-15-13-14(23-2)5-6-16(15)25-18/h5-6,13H,3-4,7-12H2,1-2H3. The predicted molar refractivity (Wildman–Crippen MR) is 101 cm³/mol. The normalized spacial score (nSPS) is 15.4. The summed E-state index contributed by atoms with van der Waals surface area (Å²) in [6.07, 6.45) is 1.38. The highest BCUT2D eigenvalue weighted by Crippen LogP contribution is 2.31. The molecule has 1 aliphatic rings. The number of fused-ring (bicyclic) bond motifs is 1. The number of benzene rings is 1. The maximum absolute atomic E-state index is 12.6. The molecule has 1 saturated heterocycles. The molecule has 2 heterocycles. The molecular weight excluding hydrogens is 338 g/mol. The van der Waals surface area contributed by atoms with E-state index in [9.17, 15) is 4.79 Å². The third-order valence-electron chi connectivity index (χ3n) is 4.32. The van der Waals surface area contributed by atoms with Crippen molar-refractivity contribution in [2.75, 3.05) is 51.4 Å². The number of hydrogen-bond donors (Lipinski definition) is 0. The Labute approximate surface area is 152 Å². The largest absolute Gasteiger partial charge is 0.497 e. The van der Waals surface area contributed by atoms with E-state index >= 15 is 0 Å². The van der Waals surface area contributed by atoms with Gasteiger partial charge in [0, 0.05) is 38.7 Å². The fourth-order valence-electron chi connectivity index (χ4n) is 2.88. The molecule has 0 saturated carbocycles. The molecule has 2 aromatic rings. The van der Waals surface area contributed by atoms with Gasteiger partial charge in [-0.3, -0.25) is 14.6 Å². The van der Waals surface area contributed by atoms with Crippen molar-refractivity contribution in [1.29, 1.82) is 0 Å². The van der Waals surface area contributed by atoms with E-state index in [1.54, 1.807) is 18.4 Å². The second kappa shape index (κ2) is 8.60. The fourth-order valence-corrected chi connectivity index (χ4v) is 3.87. The summed E-state index contributed by atoms with van der Waals surface area (Å²) in [5.74, 6) is 0.922. The van der Waals surface area contributed by atoms with Crippen LogP contribution >= 0.6 is 11.3 Å². The molecule has 0 bridgehead atoms. The van der Waals surface area contributed by atoms with Crippen LogP contribution in [0.2, 0.25) is 0 Å². The molecule has 3 rings (SSSR count). The highest BCUT2D eigenvalue weighted by molar-refractivity contribution is 7.22. The lowest BCUT2D eigenvalue weighted by atomic mass is 10.3. The molecule has 1 aliphatic heterocycles. The number of amides is 1. The summed E-state index contributed by atoms with van der Waals surface area (Å²) in [6, 6.07) is 5.84. The number of methoxy groups -OCH3 is 1. The summed E-state index contributed by atoms with van der Waals surface area (Å²) < 4.78 is 11.7. The molecule has 0 aliphatic carbocycles. The second-order valence-corrected chi connectivity index (χ2v) is 7.09. The Bertz CT molecular complexity index is 713. The molecular formula is C18H25N3O3S. The van der Waals surface area contributed by atoms with Gasteiger partial charge in [-0.25, -0.2) is 4.98 Å². The van der Waals surface area contributed by atoms with Gasteiger partial charge in [-0.2, -0.15) is 0 Å². The first kappa shape index (κ1) is 18.1. The minimum absolute atomic E-state index is 0.141. The summed E-state index contributed by atoms with van der Waals surface area (Å²) in [5, 5.41) is 0.773. The number of carbonyl (C=O) groups is 1. The Hall–Kier alpha value is -1.70. The molecule has 0 atom stereocenters. The van der Waals surface area contributed by atoms with Crippen LogP contribution in [0.1, 0.15) is 19.8 Å². The second-order valence-electron chi connectivity index (χ2n) is 6.08. The first-order chi connectivity index (χ1) is 12.2. The van der Waals surface area contributed by atoms with Crippen molar-refractivity contribution in [2.45, 2.75) is 19.8 Å². The summed E-state index contributed by atoms with van der Waals surface area (Å²) >= 11 is 1.56. The van der Waals surface area contributed by atoms with Gasteiger partial charge in [0.15, 0.2) is 5.13 Å². The molecule has 1 aromatic carbocycles. The molecule has 0 unspecified atom stereocenters. The number of ether oxygens (including phenoxy) is 2. The molecule has 136 valence electrons. The smallest absolute Gasteiger partial charge is 0.228 e. The van der Waals surface area contributed by atoms with Crippen LogP contribution in [0.3, 0.4) is 0 Å². The van der Waals surface area contributed by atoms with Crippen molar-refractivity contribution in [3.8, 4) is 5.75 Å². The lowest BCUT2D eigenvalue weighted by Gasteiger charge is -2.29. The fraction of sp³-hybridized carbons (Fsp3) is 0.556. The van der Waals surface area contributed by atoms with Crippen LogP contribution in [0, 0.1) is 0 Å². The topological polar surface area (TPSA) is 54.9 Å². The maximum Gasteiger partial charge on any atom is 0.228 e. The minimum Gasteiger partial charge on any atom is -0.497 e. The number of hydrogen-bond acceptors (Lipinski definition) is 6. The number of thiazole rings is 1. The first-order valence-corrected chi connectivity index (χ1v) is 9.58. The average molecular weight is 363 g/mol. The minimum atomic E-state index is 0.141. The molecule has 0 N–H and O–H groups in total. The van der Waals surface area contributed by atoms with Crippen LogP contribution in [0.15, 0.2) is 18.2 Å². The highest BCUT2D eigenvalue weighted by atomic mass is 32.1. The zero-order valence-electron chi connectivity index (χ0n) is 14.9. The Morgan fingerprint density at radius 1 is 1.40 bits per heavy atom. The van der Waals surface area contributed by atoms with Gasteiger partial charge in [0.1, 0.15) is 5.75 Å². The van der Waals surface area contributed by atoms with Gasteiger partial charge in [-0.15, -0.1) is 0 Å². The molecule has 0 spiro atoms. The van der Waals surface area contributed by atoms with E-state index < -0.39 is 0 Å². The Morgan fingerprint density at radius 2 is 2.20 bits per heavy atom. The van der Waals surface area contributed by atoms with Gasteiger partial charge >= 0.3 is 0 Å². The number of morpholine rings is 1. The number of anilines is 1. The van der Waals surface area contributed by atoms with Crippen molar-refractivity contribution in [2.24, 2.45) is 0 Å². The van der Waals surface area contributed by atoms with Gasteiger partial charge in [0.2, 0.25) is 5.91 Å². The molecule has 1 amide bonds. The summed E-state index contributed by atoms with van der Waals surface area (Å²) in [5.41, 5.74) is 0.875. The quantitative estimate of drug-likeness (QED) is 0.757. The Kier molecular flexibility index (Phi) is 6.23. The summed E-state index contributed by atoms with van der Waals surface area (Å²) in [7, 11) is 1.65. The van der Waals surface area contributed by atoms with Crippen molar-refractivity contribution in [1.82, 2.24) is 9.88 Å². The van der Waals surface area contributed by atoms with Gasteiger partial charge in [-0.05, 0) is 18.6 Å². The Balaban J connectivity index is 1.78. The van der Waals surface area contributed by atoms with E-state index in [0.717, 1.165) is 60.4 Å². The predicted octanol–water partition coefficient (Wildman–Crippen LogP) is 2.77. The van der Waals surface area contributed by atoms with Gasteiger partial charge in [0.25, 0.3) is 0 Å². The van der Waals surface area contributed by atoms with Crippen LogP contribution in [-0.4, -0.2) is 62.3 Å². The maximum atomic E-state index is 12.6. The molecule has 1 aromatic heterocycles. The first-order valence-electron chi connectivity index (χ1n) is 8.76. The van der Waals surface area contributed by atoms with Gasteiger partial charge < -0.3 is 9.47 Å². The van der Waals surface area contributed by atoms with Crippen LogP contribution in [0.5, 0.6) is 5.75 Å². The lowest BCUT2D eigenvalue weighted by Crippen LogP contribution is -2.43. The number of carbonyl (C=O) groups excluding carboxylic acids is 1. The molecule has 1 fully saturated rings. The highest BCUT2D eigenvalue weighted by Gasteiger charge is 2.21. The van der Waals surface area contributed by atoms with E-state index in [2.05, 4.69) is 9.88 Å². The molecule has 6 nitrogen and oxygen atoms in total. The van der Waals surface area contributed by atoms with Crippen molar-refractivity contribution in [3.63, 3.8) is 0 Å². The van der Waals surface area contributed by atoms with Crippen molar-refractivity contribution < 1.29 is 14.3 Å².